The van der Waals surface area contributed by atoms with Gasteiger partial charge in [-0.3, -0.25) is 10.1 Å². The van der Waals surface area contributed by atoms with Gasteiger partial charge in [-0.05, 0) is 31.5 Å². The molecule has 5 nitrogen and oxygen atoms in total. The molecular weight excluding hydrogens is 230 g/mol. The van der Waals surface area contributed by atoms with Gasteiger partial charge in [0.15, 0.2) is 0 Å². The van der Waals surface area contributed by atoms with Gasteiger partial charge in [0.1, 0.15) is 6.26 Å². The molecule has 94 valence electrons. The third-order valence-corrected chi connectivity index (χ3v) is 2.53. The number of nitrogens with one attached hydrogen (secondary N) is 2. The van der Waals surface area contributed by atoms with Crippen LogP contribution in [0.3, 0.4) is 0 Å². The molecule has 1 amide bonds. The van der Waals surface area contributed by atoms with Crippen molar-refractivity contribution in [3.05, 3.63) is 41.3 Å². The molecule has 0 aliphatic carbocycles. The van der Waals surface area contributed by atoms with Gasteiger partial charge in [0.25, 0.3) is 5.91 Å². The largest absolute Gasteiger partial charge is 0.432 e. The molecule has 0 aliphatic rings. The van der Waals surface area contributed by atoms with Gasteiger partial charge in [-0.1, -0.05) is 6.07 Å². The lowest BCUT2D eigenvalue weighted by atomic mass is 10.1. The third kappa shape index (κ3) is 2.51. The molecule has 1 aromatic carbocycles. The summed E-state index contributed by atoms with van der Waals surface area (Å²) in [5.74, 6) is -0.249. The zero-order chi connectivity index (χ0) is 13.1. The highest BCUT2D eigenvalue weighted by molar-refractivity contribution is 6.07. The smallest absolute Gasteiger partial charge is 0.301 e. The molecule has 1 heterocycles. The Kier molecular flexibility index (Phi) is 3.32. The van der Waals surface area contributed by atoms with Crippen LogP contribution in [0.15, 0.2) is 28.9 Å². The van der Waals surface area contributed by atoms with Crippen molar-refractivity contribution in [2.75, 3.05) is 17.7 Å². The fourth-order valence-corrected chi connectivity index (χ4v) is 1.64. The van der Waals surface area contributed by atoms with Crippen LogP contribution in [0.2, 0.25) is 0 Å². The minimum Gasteiger partial charge on any atom is -0.432 e. The molecule has 0 aliphatic heterocycles. The van der Waals surface area contributed by atoms with Crippen LogP contribution in [0.5, 0.6) is 0 Å². The monoisotopic (exact) mass is 245 g/mol. The number of rotatable bonds is 3. The van der Waals surface area contributed by atoms with Crippen molar-refractivity contribution in [2.45, 2.75) is 13.8 Å². The summed E-state index contributed by atoms with van der Waals surface area (Å²) in [5, 5.41) is 5.61. The van der Waals surface area contributed by atoms with Gasteiger partial charge in [-0.2, -0.15) is 4.98 Å². The number of hydrogen-bond acceptors (Lipinski definition) is 4. The Balaban J connectivity index is 2.23. The highest BCUT2D eigenvalue weighted by Crippen LogP contribution is 2.18. The maximum atomic E-state index is 12.1. The Hall–Kier alpha value is -2.30. The number of amides is 1. The normalized spacial score (nSPS) is 10.2. The third-order valence-electron chi connectivity index (χ3n) is 2.53. The number of aryl methyl sites for hydroxylation is 2. The number of carbonyl (C=O) groups is 1. The minimum atomic E-state index is -0.249. The van der Waals surface area contributed by atoms with Gasteiger partial charge in [0.05, 0.1) is 11.3 Å². The number of nitrogens with zero attached hydrogens (tertiary/aromatic N) is 1. The van der Waals surface area contributed by atoms with E-state index in [2.05, 4.69) is 15.6 Å². The van der Waals surface area contributed by atoms with Gasteiger partial charge in [0, 0.05) is 12.7 Å². The lowest BCUT2D eigenvalue weighted by Crippen LogP contribution is -2.14. The molecule has 0 radical (unpaired) electrons. The van der Waals surface area contributed by atoms with Crippen molar-refractivity contribution < 1.29 is 9.21 Å². The summed E-state index contributed by atoms with van der Waals surface area (Å²) in [4.78, 5) is 16.1. The van der Waals surface area contributed by atoms with Crippen molar-refractivity contribution in [1.82, 2.24) is 4.98 Å². The summed E-state index contributed by atoms with van der Waals surface area (Å²) in [6.45, 7) is 3.77. The number of hydrogen-bond donors (Lipinski definition) is 2. The molecule has 0 unspecified atom stereocenters. The average molecular weight is 245 g/mol. The zero-order valence-corrected chi connectivity index (χ0v) is 10.6. The highest BCUT2D eigenvalue weighted by Gasteiger charge is 2.13. The second kappa shape index (κ2) is 4.91. The van der Waals surface area contributed by atoms with Gasteiger partial charge in [0.2, 0.25) is 0 Å². The SMILES string of the molecule is CNc1cc(C)ccc1C(=O)Nc1nc(C)co1. The molecule has 1 aromatic heterocycles. The fraction of sp³-hybridized carbons (Fsp3) is 0.231. The summed E-state index contributed by atoms with van der Waals surface area (Å²) in [6, 6.07) is 5.78. The van der Waals surface area contributed by atoms with E-state index in [1.807, 2.05) is 19.1 Å². The molecular formula is C13H15N3O2. The first-order chi connectivity index (χ1) is 8.60. The maximum Gasteiger partial charge on any atom is 0.301 e. The first kappa shape index (κ1) is 12.2. The predicted molar refractivity (Wildman–Crippen MR) is 69.9 cm³/mol. The summed E-state index contributed by atoms with van der Waals surface area (Å²) in [6.07, 6.45) is 1.49. The van der Waals surface area contributed by atoms with Crippen LogP contribution >= 0.6 is 0 Å². The van der Waals surface area contributed by atoms with Crippen LogP contribution in [-0.2, 0) is 0 Å². The second-order valence-corrected chi connectivity index (χ2v) is 4.05. The summed E-state index contributed by atoms with van der Waals surface area (Å²) in [7, 11) is 1.78. The molecule has 2 rings (SSSR count). The van der Waals surface area contributed by atoms with E-state index in [1.54, 1.807) is 20.0 Å². The van der Waals surface area contributed by atoms with Crippen LogP contribution in [0.1, 0.15) is 21.6 Å². The number of anilines is 2. The van der Waals surface area contributed by atoms with Crippen LogP contribution in [0.4, 0.5) is 11.7 Å². The number of aromatic nitrogens is 1. The molecule has 0 fully saturated rings. The van der Waals surface area contributed by atoms with E-state index in [1.165, 1.54) is 6.26 Å². The molecule has 2 N–H and O–H groups in total. The fourth-order valence-electron chi connectivity index (χ4n) is 1.64. The molecule has 0 saturated carbocycles. The molecule has 0 saturated heterocycles. The second-order valence-electron chi connectivity index (χ2n) is 4.05. The van der Waals surface area contributed by atoms with Gasteiger partial charge >= 0.3 is 6.01 Å². The number of benzene rings is 1. The van der Waals surface area contributed by atoms with E-state index in [0.29, 0.717) is 5.56 Å². The molecule has 0 bridgehead atoms. The standard InChI is InChI=1S/C13H15N3O2/c1-8-4-5-10(11(6-8)14-3)12(17)16-13-15-9(2)7-18-13/h4-7,14H,1-3H3,(H,15,16,17). The Morgan fingerprint density at radius 3 is 2.72 bits per heavy atom. The Labute approximate surface area is 105 Å². The van der Waals surface area contributed by atoms with Gasteiger partial charge < -0.3 is 9.73 Å². The first-order valence-corrected chi connectivity index (χ1v) is 5.62. The Bertz CT molecular complexity index is 575. The highest BCUT2D eigenvalue weighted by atomic mass is 16.4. The average Bonchev–Trinajstić information content (AvgIpc) is 2.74. The summed E-state index contributed by atoms with van der Waals surface area (Å²) in [5.41, 5.74) is 3.14. The lowest BCUT2D eigenvalue weighted by Gasteiger charge is -2.08. The van der Waals surface area contributed by atoms with Crippen LogP contribution in [0.25, 0.3) is 0 Å². The van der Waals surface area contributed by atoms with E-state index in [-0.39, 0.29) is 11.9 Å². The molecule has 0 atom stereocenters. The van der Waals surface area contributed by atoms with E-state index < -0.39 is 0 Å². The van der Waals surface area contributed by atoms with Crippen molar-refractivity contribution >= 4 is 17.6 Å². The van der Waals surface area contributed by atoms with Crippen molar-refractivity contribution in [2.24, 2.45) is 0 Å². The van der Waals surface area contributed by atoms with Crippen molar-refractivity contribution in [3.63, 3.8) is 0 Å². The van der Waals surface area contributed by atoms with Crippen molar-refractivity contribution in [1.29, 1.82) is 0 Å². The van der Waals surface area contributed by atoms with Crippen LogP contribution in [-0.4, -0.2) is 17.9 Å². The molecule has 5 heteroatoms. The van der Waals surface area contributed by atoms with E-state index in [4.69, 9.17) is 4.42 Å². The number of oxazole rings is 1. The Morgan fingerprint density at radius 2 is 2.11 bits per heavy atom. The first-order valence-electron chi connectivity index (χ1n) is 5.62. The summed E-state index contributed by atoms with van der Waals surface area (Å²) >= 11 is 0. The molecule has 0 spiro atoms. The predicted octanol–water partition coefficient (Wildman–Crippen LogP) is 2.59. The Morgan fingerprint density at radius 1 is 1.33 bits per heavy atom. The zero-order valence-electron chi connectivity index (χ0n) is 10.6. The van der Waals surface area contributed by atoms with Gasteiger partial charge in [-0.15, -0.1) is 0 Å². The lowest BCUT2D eigenvalue weighted by molar-refractivity contribution is 0.102. The maximum absolute atomic E-state index is 12.1. The van der Waals surface area contributed by atoms with Crippen LogP contribution in [0, 0.1) is 13.8 Å². The quantitative estimate of drug-likeness (QED) is 0.872. The van der Waals surface area contributed by atoms with E-state index in [9.17, 15) is 4.79 Å². The number of carbonyl (C=O) groups excluding carboxylic acids is 1. The molecule has 18 heavy (non-hydrogen) atoms. The topological polar surface area (TPSA) is 67.2 Å². The van der Waals surface area contributed by atoms with Crippen molar-refractivity contribution in [3.8, 4) is 0 Å². The van der Waals surface area contributed by atoms with E-state index in [0.717, 1.165) is 16.9 Å². The summed E-state index contributed by atoms with van der Waals surface area (Å²) < 4.78 is 5.09. The molecule has 2 aromatic rings. The van der Waals surface area contributed by atoms with Gasteiger partial charge in [-0.25, -0.2) is 0 Å². The van der Waals surface area contributed by atoms with Crippen LogP contribution < -0.4 is 10.6 Å². The minimum absolute atomic E-state index is 0.208. The van der Waals surface area contributed by atoms with E-state index >= 15 is 0 Å².